The van der Waals surface area contributed by atoms with Crippen molar-refractivity contribution in [2.24, 2.45) is 23.2 Å². The lowest BCUT2D eigenvalue weighted by atomic mass is 9.64. The zero-order valence-corrected chi connectivity index (χ0v) is 14.8. The van der Waals surface area contributed by atoms with Crippen LogP contribution in [0, 0.1) is 23.2 Å². The summed E-state index contributed by atoms with van der Waals surface area (Å²) in [5, 5.41) is 21.0. The Morgan fingerprint density at radius 3 is 2.67 bits per heavy atom. The van der Waals surface area contributed by atoms with E-state index in [4.69, 9.17) is 9.47 Å². The van der Waals surface area contributed by atoms with E-state index in [1.54, 1.807) is 19.1 Å². The minimum Gasteiger partial charge on any atom is -0.430 e. The fourth-order valence-electron chi connectivity index (χ4n) is 4.35. The van der Waals surface area contributed by atoms with Crippen molar-refractivity contribution in [1.82, 2.24) is 0 Å². The molecule has 3 rings (SSSR count). The predicted molar refractivity (Wildman–Crippen MR) is 88.8 cm³/mol. The van der Waals surface area contributed by atoms with Gasteiger partial charge in [-0.25, -0.2) is 0 Å². The molecule has 134 valence electrons. The van der Waals surface area contributed by atoms with Crippen molar-refractivity contribution in [2.75, 3.05) is 0 Å². The molecule has 2 heterocycles. The first-order valence-electron chi connectivity index (χ1n) is 8.89. The summed E-state index contributed by atoms with van der Waals surface area (Å²) in [5.74, 6) is -1.19. The zero-order chi connectivity index (χ0) is 17.7. The number of ether oxygens (including phenoxy) is 2. The number of fused-ring (bicyclic) bond motifs is 1. The average Bonchev–Trinajstić information content (AvgIpc) is 2.87. The molecule has 0 aromatic carbocycles. The maximum Gasteiger partial charge on any atom is 0.321 e. The number of esters is 1. The summed E-state index contributed by atoms with van der Waals surface area (Å²) in [7, 11) is 0. The Morgan fingerprint density at radius 2 is 2.04 bits per heavy atom. The van der Waals surface area contributed by atoms with Crippen LogP contribution in [0.5, 0.6) is 0 Å². The number of carbonyl (C=O) groups excluding carboxylic acids is 1. The number of rotatable bonds is 5. The van der Waals surface area contributed by atoms with Crippen molar-refractivity contribution in [3.05, 3.63) is 24.3 Å². The largest absolute Gasteiger partial charge is 0.430 e. The second-order valence-corrected chi connectivity index (χ2v) is 7.79. The molecule has 0 aromatic rings. The van der Waals surface area contributed by atoms with Gasteiger partial charge in [-0.15, -0.1) is 0 Å². The number of aliphatic hydroxyl groups excluding tert-OH is 2. The third-order valence-electron chi connectivity index (χ3n) is 5.93. The van der Waals surface area contributed by atoms with Gasteiger partial charge >= 0.3 is 5.97 Å². The molecule has 1 unspecified atom stereocenters. The van der Waals surface area contributed by atoms with Crippen molar-refractivity contribution in [2.45, 2.75) is 64.6 Å². The van der Waals surface area contributed by atoms with Gasteiger partial charge in [0.1, 0.15) is 17.6 Å². The van der Waals surface area contributed by atoms with Crippen molar-refractivity contribution in [1.29, 1.82) is 0 Å². The van der Waals surface area contributed by atoms with E-state index < -0.39 is 35.5 Å². The van der Waals surface area contributed by atoms with Crippen LogP contribution in [0.25, 0.3) is 0 Å². The van der Waals surface area contributed by atoms with E-state index in [-0.39, 0.29) is 5.92 Å². The van der Waals surface area contributed by atoms with Gasteiger partial charge in [0.05, 0.1) is 6.10 Å². The van der Waals surface area contributed by atoms with Gasteiger partial charge in [-0.3, -0.25) is 4.79 Å². The molecule has 2 N–H and O–H groups in total. The highest BCUT2D eigenvalue weighted by Crippen LogP contribution is 2.59. The molecule has 24 heavy (non-hydrogen) atoms. The lowest BCUT2D eigenvalue weighted by Gasteiger charge is -2.40. The molecule has 2 aliphatic heterocycles. The summed E-state index contributed by atoms with van der Waals surface area (Å²) in [5.41, 5.74) is -1.25. The van der Waals surface area contributed by atoms with Crippen LogP contribution in [0.4, 0.5) is 0 Å². The van der Waals surface area contributed by atoms with Gasteiger partial charge in [0, 0.05) is 12.8 Å². The van der Waals surface area contributed by atoms with Gasteiger partial charge in [0.25, 0.3) is 0 Å². The lowest BCUT2D eigenvalue weighted by Crippen LogP contribution is -2.55. The average molecular weight is 336 g/mol. The minimum atomic E-state index is -1.37. The van der Waals surface area contributed by atoms with Crippen molar-refractivity contribution >= 4 is 5.97 Å². The van der Waals surface area contributed by atoms with Crippen LogP contribution < -0.4 is 0 Å². The molecule has 2 saturated heterocycles. The molecule has 0 aromatic heterocycles. The molecule has 5 heteroatoms. The van der Waals surface area contributed by atoms with Crippen LogP contribution >= 0.6 is 0 Å². The quantitative estimate of drug-likeness (QED) is 0.594. The molecule has 0 saturated carbocycles. The monoisotopic (exact) mass is 336 g/mol. The normalized spacial score (nSPS) is 46.2. The molecular formula is C19H28O5. The van der Waals surface area contributed by atoms with E-state index in [0.717, 1.165) is 12.8 Å². The minimum absolute atomic E-state index is 0.350. The van der Waals surface area contributed by atoms with Crippen LogP contribution in [0.15, 0.2) is 24.3 Å². The maximum atomic E-state index is 12.6. The SMILES string of the molecule is CC[C@@H](C)C[C@@H](C)/C=C/[C@@H]1C=C[C@@H](O)[C@@H]2O[C@]3(C)OC(=O)[C@]12C3O. The molecular weight excluding hydrogens is 308 g/mol. The van der Waals surface area contributed by atoms with Gasteiger partial charge in [-0.05, 0) is 18.3 Å². The Morgan fingerprint density at radius 1 is 1.33 bits per heavy atom. The van der Waals surface area contributed by atoms with Crippen LogP contribution in [0.2, 0.25) is 0 Å². The molecule has 0 radical (unpaired) electrons. The van der Waals surface area contributed by atoms with Gasteiger partial charge in [-0.1, -0.05) is 51.5 Å². The molecule has 0 amide bonds. The van der Waals surface area contributed by atoms with Crippen LogP contribution in [0.3, 0.4) is 0 Å². The van der Waals surface area contributed by atoms with Crippen LogP contribution in [-0.4, -0.2) is 40.3 Å². The van der Waals surface area contributed by atoms with E-state index in [1.165, 1.54) is 0 Å². The Hall–Kier alpha value is -1.17. The van der Waals surface area contributed by atoms with E-state index in [2.05, 4.69) is 26.8 Å². The highest BCUT2D eigenvalue weighted by Gasteiger charge is 2.77. The van der Waals surface area contributed by atoms with Crippen LogP contribution in [-0.2, 0) is 14.3 Å². The zero-order valence-electron chi connectivity index (χ0n) is 14.8. The number of carbonyl (C=O) groups is 1. The Kier molecular flexibility index (Phi) is 4.39. The molecule has 2 fully saturated rings. The first-order valence-corrected chi connectivity index (χ1v) is 8.89. The van der Waals surface area contributed by atoms with E-state index >= 15 is 0 Å². The standard InChI is InChI=1S/C19H28O5/c1-5-11(2)10-12(3)6-7-13-8-9-14(20)15-19(13)16(21)18(4,23-15)24-17(19)22/h6-9,11-16,20-21H,5,10H2,1-4H3/b7-6+/t11-,12+,13-,14-,15+,16?,18-,19-/m1/s1. The number of hydrogen-bond donors (Lipinski definition) is 2. The molecule has 3 aliphatic rings. The summed E-state index contributed by atoms with van der Waals surface area (Å²) < 4.78 is 11.0. The third kappa shape index (κ3) is 2.37. The Labute approximate surface area is 143 Å². The summed E-state index contributed by atoms with van der Waals surface area (Å²) in [6.45, 7) is 8.11. The highest BCUT2D eigenvalue weighted by molar-refractivity contribution is 5.84. The fourth-order valence-corrected chi connectivity index (χ4v) is 4.35. The summed E-state index contributed by atoms with van der Waals surface area (Å²) in [4.78, 5) is 12.6. The van der Waals surface area contributed by atoms with E-state index in [1.807, 2.05) is 6.08 Å². The molecule has 1 spiro atoms. The predicted octanol–water partition coefficient (Wildman–Crippen LogP) is 2.18. The highest BCUT2D eigenvalue weighted by atomic mass is 16.8. The lowest BCUT2D eigenvalue weighted by molar-refractivity contribution is -0.253. The molecule has 1 aliphatic carbocycles. The molecule has 2 bridgehead atoms. The first kappa shape index (κ1) is 17.6. The second kappa shape index (κ2) is 5.97. The van der Waals surface area contributed by atoms with E-state index in [9.17, 15) is 15.0 Å². The second-order valence-electron chi connectivity index (χ2n) is 7.79. The van der Waals surface area contributed by atoms with Gasteiger partial charge in [0.15, 0.2) is 0 Å². The molecule has 8 atom stereocenters. The maximum absolute atomic E-state index is 12.6. The summed E-state index contributed by atoms with van der Waals surface area (Å²) in [6.07, 6.45) is 6.92. The van der Waals surface area contributed by atoms with Gasteiger partial charge < -0.3 is 19.7 Å². The number of allylic oxidation sites excluding steroid dienone is 3. The summed E-state index contributed by atoms with van der Waals surface area (Å²) in [6, 6.07) is 0. The number of aliphatic hydroxyl groups is 2. The third-order valence-corrected chi connectivity index (χ3v) is 5.93. The fraction of sp³-hybridized carbons (Fsp3) is 0.737. The van der Waals surface area contributed by atoms with Crippen molar-refractivity contribution < 1.29 is 24.5 Å². The Bertz CT molecular complexity index is 570. The Balaban J connectivity index is 1.88. The van der Waals surface area contributed by atoms with Gasteiger partial charge in [-0.2, -0.15) is 0 Å². The smallest absolute Gasteiger partial charge is 0.321 e. The summed E-state index contributed by atoms with van der Waals surface area (Å²) >= 11 is 0. The number of hydrogen-bond acceptors (Lipinski definition) is 5. The first-order chi connectivity index (χ1) is 11.3. The molecule has 5 nitrogen and oxygen atoms in total. The topological polar surface area (TPSA) is 76.0 Å². The van der Waals surface area contributed by atoms with Gasteiger partial charge in [0.2, 0.25) is 5.79 Å². The van der Waals surface area contributed by atoms with Crippen molar-refractivity contribution in [3.63, 3.8) is 0 Å². The van der Waals surface area contributed by atoms with Crippen LogP contribution in [0.1, 0.15) is 40.5 Å². The van der Waals surface area contributed by atoms with E-state index in [0.29, 0.717) is 11.8 Å². The van der Waals surface area contributed by atoms with Crippen molar-refractivity contribution in [3.8, 4) is 0 Å².